The van der Waals surface area contributed by atoms with E-state index < -0.39 is 5.97 Å². The smallest absolute Gasteiger partial charge is 0.304 e. The summed E-state index contributed by atoms with van der Waals surface area (Å²) in [5.74, 6) is 3.15. The van der Waals surface area contributed by atoms with Crippen LogP contribution in [0.25, 0.3) is 0 Å². The zero-order valence-corrected chi connectivity index (χ0v) is 62.8. The summed E-state index contributed by atoms with van der Waals surface area (Å²) in [7, 11) is 14.7. The van der Waals surface area contributed by atoms with Gasteiger partial charge in [0.15, 0.2) is 35.6 Å². The van der Waals surface area contributed by atoms with Crippen LogP contribution in [0, 0.1) is 34.6 Å². The fourth-order valence-electron chi connectivity index (χ4n) is 10.4. The highest BCUT2D eigenvalue weighted by molar-refractivity contribution is 5.69. The van der Waals surface area contributed by atoms with E-state index in [4.69, 9.17) is 52.8 Å². The van der Waals surface area contributed by atoms with E-state index in [9.17, 15) is 24.6 Å². The summed E-state index contributed by atoms with van der Waals surface area (Å²) in [6.45, 7) is 35.3. The van der Waals surface area contributed by atoms with Crippen LogP contribution < -0.4 is 23.7 Å². The van der Waals surface area contributed by atoms with Gasteiger partial charge in [0, 0.05) is 66.1 Å². The van der Waals surface area contributed by atoms with E-state index >= 15 is 0 Å². The van der Waals surface area contributed by atoms with E-state index in [0.717, 1.165) is 76.0 Å². The van der Waals surface area contributed by atoms with E-state index in [0.29, 0.717) is 30.8 Å². The number of aliphatic carboxylic acids is 1. The van der Waals surface area contributed by atoms with Crippen molar-refractivity contribution in [2.24, 2.45) is 0 Å². The molecule has 0 aliphatic carbocycles. The van der Waals surface area contributed by atoms with Gasteiger partial charge in [0.05, 0.1) is 42.0 Å². The maximum Gasteiger partial charge on any atom is 0.304 e. The van der Waals surface area contributed by atoms with Crippen molar-refractivity contribution in [2.75, 3.05) is 70.6 Å². The Bertz CT molecular complexity index is 3160. The van der Waals surface area contributed by atoms with Crippen LogP contribution in [-0.4, -0.2) is 122 Å². The number of hydrogen-bond donors (Lipinski definition) is 4. The molecule has 0 atom stereocenters. The third-order valence-corrected chi connectivity index (χ3v) is 17.7. The molecule has 0 saturated heterocycles. The van der Waals surface area contributed by atoms with Gasteiger partial charge in [0.25, 0.3) is 0 Å². The summed E-state index contributed by atoms with van der Waals surface area (Å²) in [4.78, 5) is 31.8. The quantitative estimate of drug-likeness (QED) is 0.0279. The molecule has 16 nitrogen and oxygen atoms in total. The lowest BCUT2D eigenvalue weighted by Crippen LogP contribution is -2.27. The van der Waals surface area contributed by atoms with Gasteiger partial charge in [-0.1, -0.05) is 150 Å². The number of aldehydes is 2. The fraction of sp³-hybridized carbons (Fsp3) is 0.512. The first-order valence-electron chi connectivity index (χ1n) is 32.3. The minimum atomic E-state index is -0.752. The Hall–Kier alpha value is -7.47. The largest absolute Gasteiger partial charge is 0.504 e. The van der Waals surface area contributed by atoms with Gasteiger partial charge >= 0.3 is 5.97 Å². The number of carboxylic acid groups (broad SMARTS) is 1. The average molecular weight is 1340 g/mol. The molecule has 534 valence electrons. The molecule has 6 aromatic carbocycles. The van der Waals surface area contributed by atoms with Crippen molar-refractivity contribution in [1.29, 1.82) is 0 Å². The minimum absolute atomic E-state index is 0.00623. The van der Waals surface area contributed by atoms with E-state index in [-0.39, 0.29) is 69.6 Å². The van der Waals surface area contributed by atoms with Gasteiger partial charge < -0.3 is 72.6 Å². The maximum atomic E-state index is 10.7. The Labute approximate surface area is 575 Å². The van der Waals surface area contributed by atoms with Crippen molar-refractivity contribution in [3.05, 3.63) is 170 Å². The number of phenols is 2. The standard InChI is InChI=1S/C15H24O3.C14H22O4.C13H18O2.C13H20O2.C13H18O2.C12H16O3/c1-11-9-12(7-8-13(11)16-4)15(2,3)10-14(17-5)18-6;1-14(2,9-13(17-4)18-5)10-6-7-12(16-3)11(15)8-10;1-9-5-6-11(7-10(9)2)13(3,4)8-12(14)15;2*1-10-9-11(5-6-12(10)15-4)13(2,3)7-8-14;1-12(2,6-7-13)9-4-5-11(15-3)10(14)8-9/h7-9,14H,10H2,1-6H3;6-8,13,15H,9H2,1-5H3;5-7H,8H2,1-4H3,(H,14,15);5-6,9,14H,7-8H2,1-4H3;5-6,8-9H,7H2,1-4H3;4-5,7-8,14H,6H2,1-3H3. The van der Waals surface area contributed by atoms with E-state index in [1.807, 2.05) is 90.1 Å². The third kappa shape index (κ3) is 27.6. The number of carbonyl (C=O) groups is 3. The monoisotopic (exact) mass is 1330 g/mol. The molecule has 0 spiro atoms. The van der Waals surface area contributed by atoms with Gasteiger partial charge in [-0.3, -0.25) is 4.79 Å². The number of ether oxygens (including phenoxy) is 9. The van der Waals surface area contributed by atoms with E-state index in [1.54, 1.807) is 74.0 Å². The second-order valence-electron chi connectivity index (χ2n) is 27.9. The predicted molar refractivity (Wildman–Crippen MR) is 387 cm³/mol. The molecular weight excluding hydrogens is 1220 g/mol. The summed E-state index contributed by atoms with van der Waals surface area (Å²) in [6, 6.07) is 35.3. The molecule has 0 saturated carbocycles. The van der Waals surface area contributed by atoms with Crippen LogP contribution in [0.5, 0.6) is 40.2 Å². The molecule has 0 aliphatic heterocycles. The zero-order valence-electron chi connectivity index (χ0n) is 62.8. The van der Waals surface area contributed by atoms with Crippen LogP contribution in [-0.2, 0) is 65.8 Å². The number of aliphatic hydroxyl groups excluding tert-OH is 1. The summed E-state index contributed by atoms with van der Waals surface area (Å²) in [6.07, 6.45) is 4.84. The Morgan fingerprint density at radius 1 is 0.375 bits per heavy atom. The molecule has 96 heavy (non-hydrogen) atoms. The van der Waals surface area contributed by atoms with Crippen LogP contribution in [0.4, 0.5) is 0 Å². The second-order valence-corrected chi connectivity index (χ2v) is 27.9. The highest BCUT2D eigenvalue weighted by Gasteiger charge is 2.29. The lowest BCUT2D eigenvalue weighted by atomic mass is 9.80. The molecule has 6 rings (SSSR count). The molecule has 0 radical (unpaired) electrons. The number of methoxy groups -OCH3 is 9. The predicted octanol–water partition coefficient (Wildman–Crippen LogP) is 16.8. The van der Waals surface area contributed by atoms with Gasteiger partial charge in [-0.15, -0.1) is 0 Å². The number of aliphatic hydroxyl groups is 1. The van der Waals surface area contributed by atoms with Crippen LogP contribution in [0.3, 0.4) is 0 Å². The van der Waals surface area contributed by atoms with Gasteiger partial charge in [-0.2, -0.15) is 0 Å². The molecular formula is C80H118O16. The molecule has 0 unspecified atom stereocenters. The van der Waals surface area contributed by atoms with Crippen LogP contribution in [0.15, 0.2) is 109 Å². The molecule has 0 bridgehead atoms. The maximum absolute atomic E-state index is 10.7. The topological polar surface area (TPSA) is 215 Å². The van der Waals surface area contributed by atoms with Crippen molar-refractivity contribution >= 4 is 18.5 Å². The first-order chi connectivity index (χ1) is 44.7. The Morgan fingerprint density at radius 2 is 0.646 bits per heavy atom. The average Bonchev–Trinajstić information content (AvgIpc) is 0.891. The first-order valence-corrected chi connectivity index (χ1v) is 32.3. The number of phenolic OH excluding ortho intramolecular Hbond substituents is 2. The third-order valence-electron chi connectivity index (χ3n) is 17.7. The molecule has 0 aliphatic rings. The normalized spacial score (nSPS) is 11.6. The number of hydrogen-bond acceptors (Lipinski definition) is 15. The fourth-order valence-corrected chi connectivity index (χ4v) is 10.4. The second kappa shape index (κ2) is 40.3. The number of benzene rings is 6. The zero-order chi connectivity index (χ0) is 73.6. The lowest BCUT2D eigenvalue weighted by Gasteiger charge is -2.29. The van der Waals surface area contributed by atoms with E-state index in [1.165, 1.54) is 42.0 Å². The molecule has 0 heterocycles. The van der Waals surface area contributed by atoms with Gasteiger partial charge in [-0.05, 0) is 172 Å². The van der Waals surface area contributed by atoms with Crippen molar-refractivity contribution in [3.8, 4) is 40.2 Å². The molecule has 16 heteroatoms. The summed E-state index contributed by atoms with van der Waals surface area (Å²) >= 11 is 0. The van der Waals surface area contributed by atoms with Crippen LogP contribution in [0.2, 0.25) is 0 Å². The van der Waals surface area contributed by atoms with E-state index in [2.05, 4.69) is 113 Å². The summed E-state index contributed by atoms with van der Waals surface area (Å²) in [5.41, 5.74) is 11.7. The SMILES string of the molecule is COc1ccc(C(C)(C)CC(OC)OC)cc1C.COc1ccc(C(C)(C)CC(OC)OC)cc1O.COc1ccc(C(C)(C)CC=O)cc1C.COc1ccc(C(C)(C)CC=O)cc1O.COc1ccc(C(C)(C)CCO)cc1C.Cc1ccc(C(C)(C)CC(=O)O)cc1C. The van der Waals surface area contributed by atoms with Crippen LogP contribution >= 0.6 is 0 Å². The molecule has 0 fully saturated rings. The minimum Gasteiger partial charge on any atom is -0.504 e. The number of aryl methyl sites for hydroxylation is 5. The lowest BCUT2D eigenvalue weighted by molar-refractivity contribution is -0.138. The summed E-state index contributed by atoms with van der Waals surface area (Å²) < 4.78 is 46.7. The number of aromatic hydroxyl groups is 2. The van der Waals surface area contributed by atoms with Crippen LogP contribution in [0.1, 0.15) is 183 Å². The highest BCUT2D eigenvalue weighted by Crippen LogP contribution is 2.38. The summed E-state index contributed by atoms with van der Waals surface area (Å²) in [5, 5.41) is 37.3. The molecule has 6 aromatic rings. The number of carbonyl (C=O) groups excluding carboxylic acids is 2. The van der Waals surface area contributed by atoms with Gasteiger partial charge in [0.2, 0.25) is 0 Å². The van der Waals surface area contributed by atoms with Crippen molar-refractivity contribution in [3.63, 3.8) is 0 Å². The van der Waals surface area contributed by atoms with Gasteiger partial charge in [0.1, 0.15) is 29.8 Å². The van der Waals surface area contributed by atoms with Crippen molar-refractivity contribution in [1.82, 2.24) is 0 Å². The number of carboxylic acids is 1. The first kappa shape index (κ1) is 86.5. The highest BCUT2D eigenvalue weighted by atomic mass is 16.7. The molecule has 0 amide bonds. The number of rotatable bonds is 27. The molecule has 4 N–H and O–H groups in total. The van der Waals surface area contributed by atoms with Crippen molar-refractivity contribution in [2.45, 2.75) is 201 Å². The van der Waals surface area contributed by atoms with Crippen molar-refractivity contribution < 1.29 is 77.4 Å². The Morgan fingerprint density at radius 3 is 0.917 bits per heavy atom. The molecule has 0 aromatic heterocycles. The Balaban J connectivity index is 0.000000577. The van der Waals surface area contributed by atoms with Gasteiger partial charge in [-0.25, -0.2) is 0 Å². The Kier molecular flexibility index (Phi) is 36.3.